The molecule has 1 unspecified atom stereocenters. The minimum absolute atomic E-state index is 0.206. The number of halogens is 1. The molecule has 1 aromatic rings. The van der Waals surface area contributed by atoms with Crippen LogP contribution in [0.15, 0.2) is 18.2 Å². The lowest BCUT2D eigenvalue weighted by Crippen LogP contribution is -2.29. The number of carbonyl (C=O) groups is 1. The van der Waals surface area contributed by atoms with Crippen LogP contribution in [0.3, 0.4) is 0 Å². The van der Waals surface area contributed by atoms with Crippen molar-refractivity contribution in [3.63, 3.8) is 0 Å². The Morgan fingerprint density at radius 1 is 1.55 bits per heavy atom. The summed E-state index contributed by atoms with van der Waals surface area (Å²) in [5.41, 5.74) is 6.11. The first kappa shape index (κ1) is 14.9. The fraction of sp³-hybridized carbons (Fsp3) is 0.400. The molecule has 2 rings (SSSR count). The second kappa shape index (κ2) is 7.32. The topological polar surface area (TPSA) is 55.1 Å². The Labute approximate surface area is 122 Å². The van der Waals surface area contributed by atoms with Crippen molar-refractivity contribution in [3.8, 4) is 11.8 Å². The van der Waals surface area contributed by atoms with Crippen LogP contribution in [0.2, 0.25) is 0 Å². The number of carbonyl (C=O) groups excluding carboxylic acids is 1. The van der Waals surface area contributed by atoms with Crippen molar-refractivity contribution in [2.24, 2.45) is 11.7 Å². The highest BCUT2D eigenvalue weighted by Gasteiger charge is 2.18. The van der Waals surface area contributed by atoms with Crippen LogP contribution in [0.4, 0.5) is 4.39 Å². The molecule has 3 N–H and O–H groups in total. The molecule has 1 saturated heterocycles. The molecular weight excluding hydrogens is 275 g/mol. The van der Waals surface area contributed by atoms with Crippen molar-refractivity contribution in [2.75, 3.05) is 24.6 Å². The highest BCUT2D eigenvalue weighted by Crippen LogP contribution is 2.22. The zero-order valence-corrected chi connectivity index (χ0v) is 11.9. The summed E-state index contributed by atoms with van der Waals surface area (Å²) in [7, 11) is 0. The van der Waals surface area contributed by atoms with Crippen molar-refractivity contribution in [2.45, 2.75) is 6.42 Å². The maximum Gasteiger partial charge on any atom is 0.252 e. The summed E-state index contributed by atoms with van der Waals surface area (Å²) >= 11 is 1.90. The lowest BCUT2D eigenvalue weighted by Gasteiger charge is -2.11. The molecule has 106 valence electrons. The predicted molar refractivity (Wildman–Crippen MR) is 80.1 cm³/mol. The van der Waals surface area contributed by atoms with Crippen LogP contribution in [0.5, 0.6) is 0 Å². The van der Waals surface area contributed by atoms with Gasteiger partial charge in [0.25, 0.3) is 5.91 Å². The van der Waals surface area contributed by atoms with E-state index in [0.29, 0.717) is 18.0 Å². The third-order valence-corrected chi connectivity index (χ3v) is 4.36. The molecule has 0 radical (unpaired) electrons. The molecule has 0 bridgehead atoms. The van der Waals surface area contributed by atoms with Crippen LogP contribution in [-0.2, 0) is 0 Å². The first-order valence-corrected chi connectivity index (χ1v) is 7.70. The SMILES string of the molecule is NCC#Cc1ccc(F)cc1C(=O)NCC1CCSC1. The van der Waals surface area contributed by atoms with Crippen molar-refractivity contribution >= 4 is 17.7 Å². The second-order valence-corrected chi connectivity index (χ2v) is 5.79. The lowest BCUT2D eigenvalue weighted by atomic mass is 10.1. The van der Waals surface area contributed by atoms with Crippen molar-refractivity contribution in [1.29, 1.82) is 0 Å². The normalized spacial score (nSPS) is 17.4. The van der Waals surface area contributed by atoms with E-state index in [1.165, 1.54) is 18.2 Å². The maximum absolute atomic E-state index is 13.3. The van der Waals surface area contributed by atoms with Crippen molar-refractivity contribution in [3.05, 3.63) is 35.1 Å². The number of amides is 1. The summed E-state index contributed by atoms with van der Waals surface area (Å²) in [6, 6.07) is 4.03. The van der Waals surface area contributed by atoms with Crippen LogP contribution >= 0.6 is 11.8 Å². The summed E-state index contributed by atoms with van der Waals surface area (Å²) in [5, 5.41) is 2.87. The highest BCUT2D eigenvalue weighted by atomic mass is 32.2. The minimum Gasteiger partial charge on any atom is -0.352 e. The van der Waals surface area contributed by atoms with E-state index in [4.69, 9.17) is 5.73 Å². The van der Waals surface area contributed by atoms with Gasteiger partial charge in [-0.25, -0.2) is 4.39 Å². The van der Waals surface area contributed by atoms with Gasteiger partial charge >= 0.3 is 0 Å². The van der Waals surface area contributed by atoms with Gasteiger partial charge in [0.05, 0.1) is 12.1 Å². The molecule has 0 spiro atoms. The van der Waals surface area contributed by atoms with Crippen LogP contribution < -0.4 is 11.1 Å². The average molecular weight is 292 g/mol. The minimum atomic E-state index is -0.440. The summed E-state index contributed by atoms with van der Waals surface area (Å²) in [4.78, 5) is 12.2. The number of nitrogens with one attached hydrogen (secondary N) is 1. The Kier molecular flexibility index (Phi) is 5.45. The Balaban J connectivity index is 2.08. The van der Waals surface area contributed by atoms with Crippen LogP contribution in [0.1, 0.15) is 22.3 Å². The molecule has 1 amide bonds. The number of hydrogen-bond donors (Lipinski definition) is 2. The molecule has 1 aromatic carbocycles. The van der Waals surface area contributed by atoms with Gasteiger partial charge in [-0.2, -0.15) is 11.8 Å². The van der Waals surface area contributed by atoms with E-state index in [0.717, 1.165) is 17.9 Å². The van der Waals surface area contributed by atoms with E-state index in [1.54, 1.807) is 0 Å². The van der Waals surface area contributed by atoms with E-state index < -0.39 is 5.82 Å². The first-order valence-electron chi connectivity index (χ1n) is 6.55. The molecule has 0 saturated carbocycles. The zero-order chi connectivity index (χ0) is 14.4. The van der Waals surface area contributed by atoms with Gasteiger partial charge in [-0.1, -0.05) is 11.8 Å². The number of thioether (sulfide) groups is 1. The van der Waals surface area contributed by atoms with E-state index in [2.05, 4.69) is 17.2 Å². The fourth-order valence-corrected chi connectivity index (χ4v) is 3.32. The van der Waals surface area contributed by atoms with Crippen molar-refractivity contribution < 1.29 is 9.18 Å². The molecule has 20 heavy (non-hydrogen) atoms. The van der Waals surface area contributed by atoms with Gasteiger partial charge < -0.3 is 11.1 Å². The van der Waals surface area contributed by atoms with Crippen LogP contribution in [0, 0.1) is 23.6 Å². The van der Waals surface area contributed by atoms with E-state index in [9.17, 15) is 9.18 Å². The smallest absolute Gasteiger partial charge is 0.252 e. The Hall–Kier alpha value is -1.51. The number of rotatable bonds is 3. The molecule has 3 nitrogen and oxygen atoms in total. The quantitative estimate of drug-likeness (QED) is 0.832. The molecule has 1 aliphatic heterocycles. The van der Waals surface area contributed by atoms with Crippen molar-refractivity contribution in [1.82, 2.24) is 5.32 Å². The number of nitrogens with two attached hydrogens (primary N) is 1. The summed E-state index contributed by atoms with van der Waals surface area (Å²) in [5.74, 6) is 7.51. The van der Waals surface area contributed by atoms with Gasteiger partial charge in [-0.05, 0) is 42.0 Å². The van der Waals surface area contributed by atoms with Crippen LogP contribution in [0.25, 0.3) is 0 Å². The zero-order valence-electron chi connectivity index (χ0n) is 11.1. The van der Waals surface area contributed by atoms with E-state index in [-0.39, 0.29) is 18.0 Å². The largest absolute Gasteiger partial charge is 0.352 e. The summed E-state index contributed by atoms with van der Waals surface area (Å²) in [6.07, 6.45) is 1.12. The molecule has 1 heterocycles. The number of hydrogen-bond acceptors (Lipinski definition) is 3. The Morgan fingerprint density at radius 2 is 2.40 bits per heavy atom. The van der Waals surface area contributed by atoms with Gasteiger partial charge in [0.1, 0.15) is 5.82 Å². The van der Waals surface area contributed by atoms with Gasteiger partial charge in [0, 0.05) is 12.1 Å². The monoisotopic (exact) mass is 292 g/mol. The highest BCUT2D eigenvalue weighted by molar-refractivity contribution is 7.99. The molecule has 0 aromatic heterocycles. The average Bonchev–Trinajstić information content (AvgIpc) is 2.96. The summed E-state index contributed by atoms with van der Waals surface area (Å²) in [6.45, 7) is 0.837. The third kappa shape index (κ3) is 3.99. The molecule has 0 aliphatic carbocycles. The first-order chi connectivity index (χ1) is 9.70. The third-order valence-electron chi connectivity index (χ3n) is 3.13. The Morgan fingerprint density at radius 3 is 3.10 bits per heavy atom. The molecular formula is C15H17FN2OS. The van der Waals surface area contributed by atoms with Crippen LogP contribution in [-0.4, -0.2) is 30.5 Å². The summed E-state index contributed by atoms with van der Waals surface area (Å²) < 4.78 is 13.3. The maximum atomic E-state index is 13.3. The van der Waals surface area contributed by atoms with Gasteiger partial charge in [-0.3, -0.25) is 4.79 Å². The van der Waals surface area contributed by atoms with E-state index >= 15 is 0 Å². The number of benzene rings is 1. The molecule has 1 atom stereocenters. The fourth-order valence-electron chi connectivity index (χ4n) is 2.04. The standard InChI is InChI=1S/C15H17FN2OS/c16-13-4-3-12(2-1-6-17)14(8-13)15(19)18-9-11-5-7-20-10-11/h3-4,8,11H,5-7,9-10,17H2,(H,18,19). The Bertz CT molecular complexity index is 545. The molecule has 5 heteroatoms. The molecule has 1 fully saturated rings. The van der Waals surface area contributed by atoms with Gasteiger partial charge in [0.2, 0.25) is 0 Å². The van der Waals surface area contributed by atoms with Gasteiger partial charge in [-0.15, -0.1) is 0 Å². The van der Waals surface area contributed by atoms with Gasteiger partial charge in [0.15, 0.2) is 0 Å². The molecule has 1 aliphatic rings. The lowest BCUT2D eigenvalue weighted by molar-refractivity contribution is 0.0948. The second-order valence-electron chi connectivity index (χ2n) is 4.64. The predicted octanol–water partition coefficient (Wildman–Crippen LogP) is 1.62. The van der Waals surface area contributed by atoms with E-state index in [1.807, 2.05) is 11.8 Å².